The van der Waals surface area contributed by atoms with Crippen LogP contribution in [0.25, 0.3) is 0 Å². The lowest BCUT2D eigenvalue weighted by Crippen LogP contribution is -2.44. The summed E-state index contributed by atoms with van der Waals surface area (Å²) in [5.74, 6) is 0.202. The van der Waals surface area contributed by atoms with Gasteiger partial charge in [0.05, 0.1) is 5.75 Å². The Bertz CT molecular complexity index is 617. The van der Waals surface area contributed by atoms with Crippen LogP contribution in [0, 0.1) is 0 Å². The van der Waals surface area contributed by atoms with Crippen molar-refractivity contribution in [3.8, 4) is 0 Å². The lowest BCUT2D eigenvalue weighted by molar-refractivity contribution is -0.136. The number of carbonyl (C=O) groups excluding carboxylic acids is 2. The molecule has 2 N–H and O–H groups in total. The molecule has 1 saturated heterocycles. The number of fused-ring (bicyclic) bond motifs is 1. The summed E-state index contributed by atoms with van der Waals surface area (Å²) in [6.07, 6.45) is 0.791. The topological polar surface area (TPSA) is 66.6 Å². The number of rotatable bonds is 2. The monoisotopic (exact) mass is 321 g/mol. The minimum Gasteiger partial charge on any atom is -0.399 e. The van der Waals surface area contributed by atoms with Crippen LogP contribution < -0.4 is 5.73 Å². The van der Waals surface area contributed by atoms with Crippen molar-refractivity contribution < 1.29 is 9.59 Å². The van der Waals surface area contributed by atoms with E-state index in [2.05, 4.69) is 0 Å². The van der Waals surface area contributed by atoms with Crippen LogP contribution in [0.2, 0.25) is 0 Å². The highest BCUT2D eigenvalue weighted by molar-refractivity contribution is 8.23. The fraction of sp³-hybridized carbons (Fsp3) is 0.357. The zero-order valence-electron chi connectivity index (χ0n) is 11.4. The predicted octanol–water partition coefficient (Wildman–Crippen LogP) is 1.01. The number of amides is 2. The Balaban J connectivity index is 1.68. The van der Waals surface area contributed by atoms with Crippen molar-refractivity contribution in [1.29, 1.82) is 0 Å². The zero-order chi connectivity index (χ0) is 15.0. The number of anilines is 1. The molecule has 21 heavy (non-hydrogen) atoms. The number of nitrogens with zero attached hydrogens (tertiary/aromatic N) is 2. The van der Waals surface area contributed by atoms with Gasteiger partial charge < -0.3 is 10.6 Å². The third kappa shape index (κ3) is 2.89. The van der Waals surface area contributed by atoms with Crippen molar-refractivity contribution in [1.82, 2.24) is 9.80 Å². The number of benzene rings is 1. The lowest BCUT2D eigenvalue weighted by atomic mass is 9.99. The van der Waals surface area contributed by atoms with Crippen molar-refractivity contribution in [2.45, 2.75) is 13.0 Å². The molecule has 0 aromatic heterocycles. The van der Waals surface area contributed by atoms with Crippen LogP contribution in [0.3, 0.4) is 0 Å². The molecular formula is C14H15N3O2S2. The third-order valence-corrected chi connectivity index (χ3v) is 5.16. The van der Waals surface area contributed by atoms with Gasteiger partial charge in [0.2, 0.25) is 11.8 Å². The SMILES string of the molecule is Nc1ccc2c(c1)CCN(C(=O)CN1C(=O)CSC1=S)C2. The lowest BCUT2D eigenvalue weighted by Gasteiger charge is -2.30. The Labute approximate surface area is 132 Å². The molecule has 2 aliphatic rings. The molecule has 0 spiro atoms. The molecule has 0 saturated carbocycles. The first-order valence-electron chi connectivity index (χ1n) is 6.67. The number of nitrogen functional groups attached to an aromatic ring is 1. The van der Waals surface area contributed by atoms with Crippen molar-refractivity contribution >= 4 is 45.8 Å². The van der Waals surface area contributed by atoms with E-state index in [1.54, 1.807) is 4.90 Å². The van der Waals surface area contributed by atoms with E-state index < -0.39 is 0 Å². The molecule has 1 aromatic rings. The Morgan fingerprint density at radius 3 is 2.90 bits per heavy atom. The fourth-order valence-corrected chi connectivity index (χ4v) is 3.62. The molecule has 2 heterocycles. The highest BCUT2D eigenvalue weighted by Gasteiger charge is 2.30. The average Bonchev–Trinajstić information content (AvgIpc) is 2.78. The van der Waals surface area contributed by atoms with Gasteiger partial charge in [0, 0.05) is 18.8 Å². The number of hydrogen-bond donors (Lipinski definition) is 1. The summed E-state index contributed by atoms with van der Waals surface area (Å²) in [7, 11) is 0. The maximum atomic E-state index is 12.4. The van der Waals surface area contributed by atoms with Gasteiger partial charge in [0.1, 0.15) is 10.9 Å². The number of hydrogen-bond acceptors (Lipinski definition) is 5. The molecule has 0 unspecified atom stereocenters. The summed E-state index contributed by atoms with van der Waals surface area (Å²) in [5, 5.41) is 0. The van der Waals surface area contributed by atoms with E-state index in [1.807, 2.05) is 18.2 Å². The molecule has 5 nitrogen and oxygen atoms in total. The zero-order valence-corrected chi connectivity index (χ0v) is 13.0. The largest absolute Gasteiger partial charge is 0.399 e. The summed E-state index contributed by atoms with van der Waals surface area (Å²) in [4.78, 5) is 27.2. The Kier molecular flexibility index (Phi) is 3.86. The molecule has 1 aromatic carbocycles. The molecule has 0 radical (unpaired) electrons. The molecule has 0 atom stereocenters. The molecule has 110 valence electrons. The Morgan fingerprint density at radius 1 is 1.38 bits per heavy atom. The van der Waals surface area contributed by atoms with Crippen molar-refractivity contribution in [3.05, 3.63) is 29.3 Å². The molecule has 1 fully saturated rings. The molecule has 7 heteroatoms. The maximum Gasteiger partial charge on any atom is 0.242 e. The van der Waals surface area contributed by atoms with Gasteiger partial charge in [-0.2, -0.15) is 0 Å². The quantitative estimate of drug-likeness (QED) is 0.650. The van der Waals surface area contributed by atoms with Crippen LogP contribution >= 0.6 is 24.0 Å². The van der Waals surface area contributed by atoms with Crippen molar-refractivity contribution in [3.63, 3.8) is 0 Å². The number of thiocarbonyl (C=S) groups is 1. The van der Waals surface area contributed by atoms with Gasteiger partial charge in [-0.15, -0.1) is 0 Å². The smallest absolute Gasteiger partial charge is 0.242 e. The highest BCUT2D eigenvalue weighted by Crippen LogP contribution is 2.23. The first-order chi connectivity index (χ1) is 10.0. The normalized spacial score (nSPS) is 18.1. The van der Waals surface area contributed by atoms with Gasteiger partial charge >= 0.3 is 0 Å². The van der Waals surface area contributed by atoms with E-state index >= 15 is 0 Å². The molecule has 3 rings (SSSR count). The second kappa shape index (κ2) is 5.65. The van der Waals surface area contributed by atoms with Gasteiger partial charge in [0.25, 0.3) is 0 Å². The van der Waals surface area contributed by atoms with Crippen LogP contribution in [0.5, 0.6) is 0 Å². The van der Waals surface area contributed by atoms with E-state index in [1.165, 1.54) is 22.2 Å². The van der Waals surface area contributed by atoms with Gasteiger partial charge in [-0.3, -0.25) is 14.5 Å². The van der Waals surface area contributed by atoms with Crippen LogP contribution in [-0.2, 0) is 22.6 Å². The van der Waals surface area contributed by atoms with E-state index in [0.29, 0.717) is 23.2 Å². The average molecular weight is 321 g/mol. The standard InChI is InChI=1S/C14H15N3O2S2/c15-11-2-1-10-6-16(4-3-9(10)5-11)12(18)7-17-13(19)8-21-14(17)20/h1-2,5H,3-4,6-8,15H2. The summed E-state index contributed by atoms with van der Waals surface area (Å²) >= 11 is 6.41. The minimum atomic E-state index is -0.0801. The second-order valence-corrected chi connectivity index (χ2v) is 6.74. The van der Waals surface area contributed by atoms with Crippen molar-refractivity contribution in [2.75, 3.05) is 24.6 Å². The summed E-state index contributed by atoms with van der Waals surface area (Å²) in [6, 6.07) is 5.78. The van der Waals surface area contributed by atoms with Gasteiger partial charge in [-0.05, 0) is 29.7 Å². The molecule has 2 amide bonds. The summed E-state index contributed by atoms with van der Waals surface area (Å²) < 4.78 is 0.499. The van der Waals surface area contributed by atoms with E-state index in [-0.39, 0.29) is 18.4 Å². The predicted molar refractivity (Wildman–Crippen MR) is 86.7 cm³/mol. The highest BCUT2D eigenvalue weighted by atomic mass is 32.2. The summed E-state index contributed by atoms with van der Waals surface area (Å²) in [6.45, 7) is 1.27. The number of thioether (sulfide) groups is 1. The van der Waals surface area contributed by atoms with Crippen LogP contribution in [0.4, 0.5) is 5.69 Å². The summed E-state index contributed by atoms with van der Waals surface area (Å²) in [5.41, 5.74) is 8.84. The van der Waals surface area contributed by atoms with Gasteiger partial charge in [-0.1, -0.05) is 30.0 Å². The maximum absolute atomic E-state index is 12.4. The fourth-order valence-electron chi connectivity index (χ4n) is 2.55. The molecule has 0 bridgehead atoms. The van der Waals surface area contributed by atoms with E-state index in [9.17, 15) is 9.59 Å². The van der Waals surface area contributed by atoms with Crippen molar-refractivity contribution in [2.24, 2.45) is 0 Å². The van der Waals surface area contributed by atoms with E-state index in [0.717, 1.165) is 17.7 Å². The first-order valence-corrected chi connectivity index (χ1v) is 8.06. The Morgan fingerprint density at radius 2 is 2.19 bits per heavy atom. The minimum absolute atomic E-state index is 0.0506. The third-order valence-electron chi connectivity index (χ3n) is 3.73. The van der Waals surface area contributed by atoms with Gasteiger partial charge in [0.15, 0.2) is 0 Å². The second-order valence-electron chi connectivity index (χ2n) is 5.13. The van der Waals surface area contributed by atoms with Crippen LogP contribution in [0.15, 0.2) is 18.2 Å². The van der Waals surface area contributed by atoms with Crippen LogP contribution in [0.1, 0.15) is 11.1 Å². The van der Waals surface area contributed by atoms with Crippen LogP contribution in [-0.4, -0.2) is 44.8 Å². The molecule has 2 aliphatic heterocycles. The molecular weight excluding hydrogens is 306 g/mol. The Hall–Kier alpha value is -1.60. The first kappa shape index (κ1) is 14.3. The number of carbonyl (C=O) groups is 2. The molecule has 0 aliphatic carbocycles. The van der Waals surface area contributed by atoms with Gasteiger partial charge in [-0.25, -0.2) is 0 Å². The van der Waals surface area contributed by atoms with E-state index in [4.69, 9.17) is 18.0 Å². The number of nitrogens with two attached hydrogens (primary N) is 1.